The Morgan fingerprint density at radius 2 is 1.74 bits per heavy atom. The average Bonchev–Trinajstić information content (AvgIpc) is 3.04. The van der Waals surface area contributed by atoms with Crippen LogP contribution in [0.5, 0.6) is 0 Å². The van der Waals surface area contributed by atoms with Crippen LogP contribution in [0.15, 0.2) is 35.7 Å². The van der Waals surface area contributed by atoms with Crippen molar-refractivity contribution < 1.29 is 55.0 Å². The molecule has 0 unspecified atom stereocenters. The predicted molar refractivity (Wildman–Crippen MR) is 105 cm³/mol. The number of benzene rings is 1. The number of halogens is 2. The van der Waals surface area contributed by atoms with E-state index in [1.165, 1.54) is 6.07 Å². The van der Waals surface area contributed by atoms with E-state index in [2.05, 4.69) is 0 Å². The van der Waals surface area contributed by atoms with Crippen LogP contribution in [0, 0.1) is 14.4 Å². The summed E-state index contributed by atoms with van der Waals surface area (Å²) in [5.41, 5.74) is 1.19. The Kier molecular flexibility index (Phi) is 10.3. The minimum absolute atomic E-state index is 0. The van der Waals surface area contributed by atoms with Gasteiger partial charge in [-0.2, -0.15) is 0 Å². The Balaban J connectivity index is 0.00000164. The number of aliphatic hydroxyl groups is 1. The van der Waals surface area contributed by atoms with Crippen LogP contribution >= 0.6 is 11.3 Å². The number of rotatable bonds is 3. The summed E-state index contributed by atoms with van der Waals surface area (Å²) in [7, 11) is -4.27. The fourth-order valence-corrected chi connectivity index (χ4v) is 5.49. The number of fused-ring (bicyclic) bond motifs is 1. The number of hydrogen-bond donors (Lipinski definition) is 1. The van der Waals surface area contributed by atoms with Gasteiger partial charge < -0.3 is 12.5 Å². The number of alkyl halides is 2. The number of hydrogen-bond acceptors (Lipinski definition) is 4. The van der Waals surface area contributed by atoms with Crippen molar-refractivity contribution in [1.29, 1.82) is 0 Å². The maximum Gasteiger partial charge on any atom is 0.269 e. The first-order valence-corrected chi connectivity index (χ1v) is 10.0. The van der Waals surface area contributed by atoms with E-state index in [0.29, 0.717) is 15.4 Å². The predicted octanol–water partition coefficient (Wildman–Crippen LogP) is 5.33. The molecule has 0 saturated heterocycles. The molecule has 0 amide bonds. The first kappa shape index (κ1) is 26.2. The second-order valence-electron chi connectivity index (χ2n) is 5.06. The molecule has 1 aromatic carbocycles. The summed E-state index contributed by atoms with van der Waals surface area (Å²) < 4.78 is 52.2. The van der Waals surface area contributed by atoms with Crippen molar-refractivity contribution in [2.45, 2.75) is 27.2 Å². The van der Waals surface area contributed by atoms with Gasteiger partial charge in [-0.1, -0.05) is 38.1 Å². The molecule has 3 rings (SSSR count). The van der Waals surface area contributed by atoms with E-state index in [9.17, 15) is 22.3 Å². The van der Waals surface area contributed by atoms with E-state index in [1.54, 1.807) is 36.6 Å². The zero-order valence-electron chi connectivity index (χ0n) is 15.6. The Morgan fingerprint density at radius 3 is 2.30 bits per heavy atom. The maximum atomic E-state index is 12.9. The zero-order valence-corrected chi connectivity index (χ0v) is 20.1. The molecule has 1 radical (unpaired) electrons. The molecule has 0 saturated carbocycles. The molecule has 1 N–H and O–H groups in total. The van der Waals surface area contributed by atoms with Crippen LogP contribution in [0.2, 0.25) is 0 Å². The van der Waals surface area contributed by atoms with Gasteiger partial charge in [0.1, 0.15) is 15.7 Å². The van der Waals surface area contributed by atoms with Gasteiger partial charge in [0.05, 0.1) is 12.1 Å². The average molecular weight is 491 g/mol. The van der Waals surface area contributed by atoms with Crippen molar-refractivity contribution in [2.75, 3.05) is 10.8 Å². The number of anilines is 1. The van der Waals surface area contributed by atoms with Gasteiger partial charge in [-0.15, -0.1) is 11.3 Å². The Labute approximate surface area is 188 Å². The Hall–Kier alpha value is -0.826. The van der Waals surface area contributed by atoms with Crippen molar-refractivity contribution in [3.63, 3.8) is 0 Å². The van der Waals surface area contributed by atoms with Gasteiger partial charge in [-0.25, -0.2) is 17.2 Å². The van der Waals surface area contributed by atoms with Crippen LogP contribution < -0.4 is 4.31 Å². The van der Waals surface area contributed by atoms with E-state index in [0.717, 1.165) is 11.3 Å². The van der Waals surface area contributed by atoms with Gasteiger partial charge >= 0.3 is 0 Å². The second kappa shape index (κ2) is 10.6. The third kappa shape index (κ3) is 4.97. The summed E-state index contributed by atoms with van der Waals surface area (Å²) >= 11 is 1.00. The van der Waals surface area contributed by atoms with E-state index in [-0.39, 0.29) is 55.6 Å². The molecule has 1 aliphatic heterocycles. The molecular weight excluding hydrogens is 469 g/mol. The monoisotopic (exact) mass is 491 g/mol. The van der Waals surface area contributed by atoms with Gasteiger partial charge in [0, 0.05) is 38.3 Å². The van der Waals surface area contributed by atoms with Crippen LogP contribution in [0.1, 0.15) is 30.5 Å². The molecule has 1 aliphatic rings. The van der Waals surface area contributed by atoms with E-state index in [1.807, 2.05) is 13.8 Å². The van der Waals surface area contributed by atoms with Crippen molar-refractivity contribution in [1.82, 2.24) is 0 Å². The van der Waals surface area contributed by atoms with Crippen LogP contribution in [-0.2, 0) is 42.7 Å². The smallest absolute Gasteiger partial charge is 0.269 e. The summed E-state index contributed by atoms with van der Waals surface area (Å²) in [6.07, 6.45) is -2.82. The third-order valence-corrected chi connectivity index (χ3v) is 6.48. The minimum Gasteiger partial charge on any atom is -0.506 e. The summed E-state index contributed by atoms with van der Waals surface area (Å²) in [6, 6.07) is 8.15. The van der Waals surface area contributed by atoms with E-state index < -0.39 is 28.8 Å². The number of thiophene rings is 1. The Bertz CT molecular complexity index is 896. The van der Waals surface area contributed by atoms with Gasteiger partial charge in [0.15, 0.2) is 0 Å². The molecule has 0 aliphatic carbocycles. The number of aliphatic hydroxyl groups excluding tert-OH is 1. The summed E-state index contributed by atoms with van der Waals surface area (Å²) in [4.78, 5) is -0.331. The van der Waals surface area contributed by atoms with Gasteiger partial charge in [0.25, 0.3) is 16.4 Å². The van der Waals surface area contributed by atoms with Crippen LogP contribution in [0.3, 0.4) is 0 Å². The SMILES string of the molecule is CC.Cc1ccccc1C1=C(O)c2ccsc2N(CC(F)F)S1(=O)=O.[CH3-].[Y]. The van der Waals surface area contributed by atoms with E-state index in [4.69, 9.17) is 0 Å². The fraction of sp³-hybridized carbons (Fsp3) is 0.278. The first-order chi connectivity index (χ1) is 11.8. The number of nitrogens with zero attached hydrogens (tertiary/aromatic N) is 1. The molecule has 27 heavy (non-hydrogen) atoms. The van der Waals surface area contributed by atoms with Gasteiger partial charge in [-0.05, 0) is 23.9 Å². The molecule has 0 spiro atoms. The van der Waals surface area contributed by atoms with Gasteiger partial charge in [0.2, 0.25) is 0 Å². The molecule has 2 aromatic rings. The van der Waals surface area contributed by atoms with Crippen molar-refractivity contribution in [2.24, 2.45) is 0 Å². The van der Waals surface area contributed by atoms with Crippen molar-refractivity contribution in [3.05, 3.63) is 59.8 Å². The second-order valence-corrected chi connectivity index (χ2v) is 7.75. The standard InChI is InChI=1S/C15H13F2NO3S2.C2H6.CH3.Y/c1-9-4-2-3-5-10(9)14-13(19)11-6-7-22-15(11)18(8-12(16)17)23(14,20)21;1-2;;/h2-7,12,19H,8H2,1H3;1-2H3;1H3;/q;;-1;. The number of aryl methyl sites for hydroxylation is 1. The van der Waals surface area contributed by atoms with Crippen LogP contribution in [0.4, 0.5) is 13.8 Å². The Morgan fingerprint density at radius 1 is 1.15 bits per heavy atom. The molecule has 0 bridgehead atoms. The van der Waals surface area contributed by atoms with Crippen LogP contribution in [-0.4, -0.2) is 26.5 Å². The van der Waals surface area contributed by atoms with Gasteiger partial charge in [-0.3, -0.25) is 4.31 Å². The molecule has 0 fully saturated rings. The molecule has 9 heteroatoms. The normalized spacial score (nSPS) is 14.5. The third-order valence-electron chi connectivity index (χ3n) is 3.58. The summed E-state index contributed by atoms with van der Waals surface area (Å²) in [5.74, 6) is -0.402. The van der Waals surface area contributed by atoms with Crippen LogP contribution in [0.25, 0.3) is 10.7 Å². The molecule has 0 atom stereocenters. The molecule has 2 heterocycles. The van der Waals surface area contributed by atoms with Crippen molar-refractivity contribution >= 4 is 37.0 Å². The molecular formula is C18H22F2NO3S2Y-. The molecule has 147 valence electrons. The summed E-state index contributed by atoms with van der Waals surface area (Å²) in [6.45, 7) is 4.75. The first-order valence-electron chi connectivity index (χ1n) is 7.72. The van der Waals surface area contributed by atoms with E-state index >= 15 is 0 Å². The largest absolute Gasteiger partial charge is 0.506 e. The molecule has 4 nitrogen and oxygen atoms in total. The quantitative estimate of drug-likeness (QED) is 0.591. The maximum absolute atomic E-state index is 12.9. The zero-order chi connectivity index (χ0) is 18.8. The molecule has 1 aromatic heterocycles. The number of sulfonamides is 1. The fourth-order valence-electron chi connectivity index (χ4n) is 2.54. The minimum atomic E-state index is -4.27. The summed E-state index contributed by atoms with van der Waals surface area (Å²) in [5, 5.41) is 12.1. The topological polar surface area (TPSA) is 57.6 Å². The van der Waals surface area contributed by atoms with Crippen molar-refractivity contribution in [3.8, 4) is 0 Å².